The number of hydrogen-bond acceptors (Lipinski definition) is 6. The molecule has 1 aliphatic heterocycles. The molecule has 0 radical (unpaired) electrons. The summed E-state index contributed by atoms with van der Waals surface area (Å²) < 4.78 is 1.22. The molecule has 1 amide bonds. The van der Waals surface area contributed by atoms with Crippen molar-refractivity contribution in [1.82, 2.24) is 14.7 Å². The lowest BCUT2D eigenvalue weighted by molar-refractivity contribution is -0.115. The van der Waals surface area contributed by atoms with Crippen LogP contribution in [0.3, 0.4) is 0 Å². The smallest absolute Gasteiger partial charge is 0.287 e. The highest BCUT2D eigenvalue weighted by Crippen LogP contribution is 2.26. The van der Waals surface area contributed by atoms with Gasteiger partial charge in [-0.1, -0.05) is 42.5 Å². The number of anilines is 2. The Hall–Kier alpha value is -4.20. The second-order valence-corrected chi connectivity index (χ2v) is 7.68. The highest BCUT2D eigenvalue weighted by molar-refractivity contribution is 5.99. The summed E-state index contributed by atoms with van der Waals surface area (Å²) in [7, 11) is 0. The molecule has 4 aromatic rings. The van der Waals surface area contributed by atoms with E-state index in [1.165, 1.54) is 17.1 Å². The number of rotatable bonds is 6. The first-order valence-corrected chi connectivity index (χ1v) is 10.3. The molecule has 3 heterocycles. The van der Waals surface area contributed by atoms with Crippen LogP contribution in [0, 0.1) is 6.92 Å². The van der Waals surface area contributed by atoms with Crippen LogP contribution < -0.4 is 21.0 Å². The number of nitrogens with one attached hydrogen (secondary N) is 2. The van der Waals surface area contributed by atoms with Crippen LogP contribution in [0.5, 0.6) is 0 Å². The maximum atomic E-state index is 12.9. The van der Waals surface area contributed by atoms with E-state index >= 15 is 0 Å². The van der Waals surface area contributed by atoms with Crippen LogP contribution in [0.15, 0.2) is 65.7 Å². The predicted molar refractivity (Wildman–Crippen MR) is 121 cm³/mol. The third-order valence-electron chi connectivity index (χ3n) is 5.43. The van der Waals surface area contributed by atoms with Crippen molar-refractivity contribution in [3.05, 3.63) is 93.7 Å². The minimum atomic E-state index is -0.321. The fourth-order valence-electron chi connectivity index (χ4n) is 3.86. The Bertz CT molecular complexity index is 1380. The zero-order chi connectivity index (χ0) is 22.1. The van der Waals surface area contributed by atoms with E-state index in [9.17, 15) is 9.59 Å². The quantitative estimate of drug-likeness (QED) is 0.491. The van der Waals surface area contributed by atoms with Crippen molar-refractivity contribution in [3.8, 4) is 0 Å². The van der Waals surface area contributed by atoms with Crippen LogP contribution >= 0.6 is 0 Å². The van der Waals surface area contributed by atoms with E-state index in [4.69, 9.17) is 4.84 Å². The van der Waals surface area contributed by atoms with Gasteiger partial charge in [-0.3, -0.25) is 9.59 Å². The van der Waals surface area contributed by atoms with Crippen LogP contribution in [-0.2, 0) is 24.4 Å². The van der Waals surface area contributed by atoms with Gasteiger partial charge in [0.1, 0.15) is 12.9 Å². The van der Waals surface area contributed by atoms with E-state index < -0.39 is 0 Å². The maximum absolute atomic E-state index is 12.9. The summed E-state index contributed by atoms with van der Waals surface area (Å²) in [5, 5.41) is 6.89. The Labute approximate surface area is 183 Å². The van der Waals surface area contributed by atoms with Gasteiger partial charge in [0.2, 0.25) is 5.91 Å². The highest BCUT2D eigenvalue weighted by Gasteiger charge is 2.18. The SMILES string of the molecule is Cc1ncnc2c1c(NCc1ccc3c(c1)CC(=O)N3)cc(=O)n2OCc1ccccc1. The normalized spacial score (nSPS) is 12.5. The van der Waals surface area contributed by atoms with E-state index in [1.807, 2.05) is 55.5 Å². The summed E-state index contributed by atoms with van der Waals surface area (Å²) in [6.07, 6.45) is 1.81. The molecule has 8 heteroatoms. The summed E-state index contributed by atoms with van der Waals surface area (Å²) in [5.41, 5.74) is 5.24. The molecule has 1 aliphatic rings. The molecule has 0 bridgehead atoms. The molecule has 5 rings (SSSR count). The number of aryl methyl sites for hydroxylation is 1. The van der Waals surface area contributed by atoms with Crippen LogP contribution in [0.4, 0.5) is 11.4 Å². The lowest BCUT2D eigenvalue weighted by Crippen LogP contribution is -2.28. The highest BCUT2D eigenvalue weighted by atomic mass is 16.7. The maximum Gasteiger partial charge on any atom is 0.287 e. The molecule has 2 N–H and O–H groups in total. The van der Waals surface area contributed by atoms with Gasteiger partial charge in [-0.2, -0.15) is 0 Å². The first-order chi connectivity index (χ1) is 15.6. The molecular formula is C24H21N5O3. The third kappa shape index (κ3) is 3.78. The monoisotopic (exact) mass is 427 g/mol. The molecule has 0 unspecified atom stereocenters. The number of nitrogens with zero attached hydrogens (tertiary/aromatic N) is 3. The van der Waals surface area contributed by atoms with Gasteiger partial charge in [-0.25, -0.2) is 9.97 Å². The second-order valence-electron chi connectivity index (χ2n) is 7.68. The summed E-state index contributed by atoms with van der Waals surface area (Å²) in [4.78, 5) is 38.9. The Balaban J connectivity index is 1.44. The lowest BCUT2D eigenvalue weighted by Gasteiger charge is -2.15. The predicted octanol–water partition coefficient (Wildman–Crippen LogP) is 2.84. The van der Waals surface area contributed by atoms with Gasteiger partial charge >= 0.3 is 0 Å². The third-order valence-corrected chi connectivity index (χ3v) is 5.43. The molecule has 2 aromatic carbocycles. The molecule has 32 heavy (non-hydrogen) atoms. The Morgan fingerprint density at radius 1 is 1.06 bits per heavy atom. The summed E-state index contributed by atoms with van der Waals surface area (Å²) >= 11 is 0. The number of amides is 1. The summed E-state index contributed by atoms with van der Waals surface area (Å²) in [6.45, 7) is 2.60. The Morgan fingerprint density at radius 2 is 1.91 bits per heavy atom. The number of pyridine rings is 1. The molecule has 0 fully saturated rings. The fourth-order valence-corrected chi connectivity index (χ4v) is 3.86. The van der Waals surface area contributed by atoms with Crippen LogP contribution in [0.25, 0.3) is 11.0 Å². The molecule has 0 saturated carbocycles. The van der Waals surface area contributed by atoms with Gasteiger partial charge in [0.25, 0.3) is 5.56 Å². The van der Waals surface area contributed by atoms with Crippen molar-refractivity contribution in [3.63, 3.8) is 0 Å². The zero-order valence-electron chi connectivity index (χ0n) is 17.5. The molecule has 0 atom stereocenters. The van der Waals surface area contributed by atoms with Crippen molar-refractivity contribution < 1.29 is 9.63 Å². The molecule has 2 aromatic heterocycles. The van der Waals surface area contributed by atoms with E-state index in [0.717, 1.165) is 33.5 Å². The minimum Gasteiger partial charge on any atom is -0.404 e. The number of benzene rings is 2. The number of hydrogen-bond donors (Lipinski definition) is 2. The zero-order valence-corrected chi connectivity index (χ0v) is 17.5. The van der Waals surface area contributed by atoms with Crippen LogP contribution in [0.1, 0.15) is 22.4 Å². The van der Waals surface area contributed by atoms with E-state index in [0.29, 0.717) is 24.3 Å². The molecule has 0 aliphatic carbocycles. The van der Waals surface area contributed by atoms with E-state index in [1.54, 1.807) is 0 Å². The lowest BCUT2D eigenvalue weighted by atomic mass is 10.1. The number of carbonyl (C=O) groups is 1. The first kappa shape index (κ1) is 19.7. The molecule has 8 nitrogen and oxygen atoms in total. The van der Waals surface area contributed by atoms with Crippen molar-refractivity contribution in [1.29, 1.82) is 0 Å². The Kier molecular flexibility index (Phi) is 5.03. The molecule has 0 saturated heterocycles. The van der Waals surface area contributed by atoms with E-state index in [2.05, 4.69) is 20.6 Å². The fraction of sp³-hybridized carbons (Fsp3) is 0.167. The van der Waals surface area contributed by atoms with Crippen LogP contribution in [-0.4, -0.2) is 20.6 Å². The average Bonchev–Trinajstić information content (AvgIpc) is 3.17. The number of aromatic nitrogens is 3. The van der Waals surface area contributed by atoms with E-state index in [-0.39, 0.29) is 18.1 Å². The second kappa shape index (κ2) is 8.14. The van der Waals surface area contributed by atoms with Gasteiger partial charge in [0.15, 0.2) is 5.65 Å². The van der Waals surface area contributed by atoms with Gasteiger partial charge in [-0.15, -0.1) is 4.73 Å². The average molecular weight is 427 g/mol. The summed E-state index contributed by atoms with van der Waals surface area (Å²) in [5.74, 6) is 0.00277. The Morgan fingerprint density at radius 3 is 2.75 bits per heavy atom. The first-order valence-electron chi connectivity index (χ1n) is 10.3. The van der Waals surface area contributed by atoms with Crippen molar-refractivity contribution in [2.45, 2.75) is 26.5 Å². The topological polar surface area (TPSA) is 98.1 Å². The largest absolute Gasteiger partial charge is 0.404 e. The molecule has 0 spiro atoms. The standard InChI is InChI=1S/C24H21N5O3/c1-15-23-20(25-12-17-7-8-19-18(9-17)10-21(30)28-19)11-22(31)29(24(23)27-14-26-15)32-13-16-5-3-2-4-6-16/h2-9,11,14,25H,10,12-13H2,1H3,(H,28,30). The van der Waals surface area contributed by atoms with Crippen molar-refractivity contribution >= 4 is 28.3 Å². The number of fused-ring (bicyclic) bond motifs is 2. The van der Waals surface area contributed by atoms with Crippen molar-refractivity contribution in [2.75, 3.05) is 10.6 Å². The van der Waals surface area contributed by atoms with Crippen LogP contribution in [0.2, 0.25) is 0 Å². The van der Waals surface area contributed by atoms with Crippen molar-refractivity contribution in [2.24, 2.45) is 0 Å². The van der Waals surface area contributed by atoms with Gasteiger partial charge in [0, 0.05) is 18.3 Å². The van der Waals surface area contributed by atoms with Gasteiger partial charge < -0.3 is 15.5 Å². The molecular weight excluding hydrogens is 406 g/mol. The minimum absolute atomic E-state index is 0.00277. The van der Waals surface area contributed by atoms with Gasteiger partial charge in [0.05, 0.1) is 23.2 Å². The number of carbonyl (C=O) groups excluding carboxylic acids is 1. The summed E-state index contributed by atoms with van der Waals surface area (Å²) in [6, 6.07) is 17.0. The van der Waals surface area contributed by atoms with Gasteiger partial charge in [-0.05, 0) is 29.7 Å². The molecule has 160 valence electrons.